The number of anilines is 2. The van der Waals surface area contributed by atoms with Crippen molar-refractivity contribution in [3.8, 4) is 0 Å². The zero-order valence-electron chi connectivity index (χ0n) is 18.3. The number of carboxylic acid groups (broad SMARTS) is 2. The van der Waals surface area contributed by atoms with Crippen LogP contribution in [0.3, 0.4) is 0 Å². The van der Waals surface area contributed by atoms with E-state index in [1.165, 1.54) is 22.5 Å². The van der Waals surface area contributed by atoms with Crippen molar-refractivity contribution in [1.82, 2.24) is 4.90 Å². The Morgan fingerprint density at radius 1 is 1.00 bits per heavy atom. The zero-order chi connectivity index (χ0) is 22.8. The maximum atomic E-state index is 9.70. The van der Waals surface area contributed by atoms with Crippen molar-refractivity contribution in [2.45, 2.75) is 25.4 Å². The number of aliphatic carboxylic acids is 2. The number of aliphatic hydroxyl groups is 1. The number of hydrogen-bond acceptors (Lipinski definition) is 6. The van der Waals surface area contributed by atoms with E-state index in [9.17, 15) is 5.11 Å². The number of aliphatic hydroxyl groups excluding tert-OH is 1. The molecule has 9 nitrogen and oxygen atoms in total. The Labute approximate surface area is 188 Å². The molecule has 0 spiro atoms. The van der Waals surface area contributed by atoms with Gasteiger partial charge in [-0.25, -0.2) is 9.59 Å². The van der Waals surface area contributed by atoms with Crippen LogP contribution < -0.4 is 10.6 Å². The summed E-state index contributed by atoms with van der Waals surface area (Å²) in [6.45, 7) is 2.86. The van der Waals surface area contributed by atoms with E-state index >= 15 is 0 Å². The van der Waals surface area contributed by atoms with Crippen molar-refractivity contribution < 1.29 is 30.4 Å². The van der Waals surface area contributed by atoms with Crippen LogP contribution in [0.4, 0.5) is 11.4 Å². The second kappa shape index (κ2) is 13.4. The highest BCUT2D eigenvalue weighted by atomic mass is 16.4. The smallest absolute Gasteiger partial charge is 0.414 e. The van der Waals surface area contributed by atoms with Crippen LogP contribution in [0.2, 0.25) is 0 Å². The summed E-state index contributed by atoms with van der Waals surface area (Å²) in [6.07, 6.45) is 2.78. The Balaban J connectivity index is 0.000000648. The molecule has 0 saturated carbocycles. The summed E-state index contributed by atoms with van der Waals surface area (Å²) >= 11 is 0. The van der Waals surface area contributed by atoms with Crippen molar-refractivity contribution in [2.75, 3.05) is 38.1 Å². The van der Waals surface area contributed by atoms with E-state index in [0.29, 0.717) is 13.1 Å². The topological polar surface area (TPSA) is 159 Å². The molecule has 176 valence electrons. The number of likely N-dealkylation sites (N-methyl/N-ethyl adjacent to an activating group) is 1. The summed E-state index contributed by atoms with van der Waals surface area (Å²) in [5, 5.41) is 24.5. The number of nitrogens with zero attached hydrogens (tertiary/aromatic N) is 2. The molecule has 1 aliphatic heterocycles. The van der Waals surface area contributed by atoms with E-state index in [0.717, 1.165) is 32.4 Å². The molecule has 2 aromatic rings. The number of nitrogens with two attached hydrogens (primary N) is 1. The molecule has 3 rings (SSSR count). The minimum atomic E-state index is -1.82. The van der Waals surface area contributed by atoms with Crippen LogP contribution in [0.1, 0.15) is 17.5 Å². The van der Waals surface area contributed by atoms with Crippen LogP contribution >= 0.6 is 0 Å². The molecule has 1 atom stereocenters. The highest BCUT2D eigenvalue weighted by molar-refractivity contribution is 6.27. The molecule has 2 aromatic carbocycles. The maximum absolute atomic E-state index is 9.70. The van der Waals surface area contributed by atoms with Crippen LogP contribution in [0.25, 0.3) is 0 Å². The summed E-state index contributed by atoms with van der Waals surface area (Å²) in [5.41, 5.74) is 11.0. The number of carbonyl (C=O) groups is 2. The van der Waals surface area contributed by atoms with Gasteiger partial charge in [-0.2, -0.15) is 0 Å². The number of fused-ring (bicyclic) bond motifs is 2. The van der Waals surface area contributed by atoms with Gasteiger partial charge in [-0.1, -0.05) is 36.4 Å². The van der Waals surface area contributed by atoms with Crippen molar-refractivity contribution in [2.24, 2.45) is 5.73 Å². The van der Waals surface area contributed by atoms with Gasteiger partial charge >= 0.3 is 11.9 Å². The van der Waals surface area contributed by atoms with E-state index < -0.39 is 18.0 Å². The lowest BCUT2D eigenvalue weighted by Crippen LogP contribution is -2.35. The Morgan fingerprint density at radius 2 is 1.47 bits per heavy atom. The van der Waals surface area contributed by atoms with Gasteiger partial charge < -0.3 is 36.3 Å². The van der Waals surface area contributed by atoms with Gasteiger partial charge in [0, 0.05) is 31.0 Å². The van der Waals surface area contributed by atoms with Gasteiger partial charge in [0.25, 0.3) is 0 Å². The average Bonchev–Trinajstić information content (AvgIpc) is 2.91. The summed E-state index contributed by atoms with van der Waals surface area (Å²) in [7, 11) is 2.04. The highest BCUT2D eigenvalue weighted by Crippen LogP contribution is 2.35. The van der Waals surface area contributed by atoms with E-state index in [-0.39, 0.29) is 5.48 Å². The molecule has 1 unspecified atom stereocenters. The van der Waals surface area contributed by atoms with Gasteiger partial charge in [0.1, 0.15) is 0 Å². The van der Waals surface area contributed by atoms with E-state index in [1.807, 2.05) is 7.05 Å². The van der Waals surface area contributed by atoms with Gasteiger partial charge in [0.2, 0.25) is 0 Å². The Kier molecular flexibility index (Phi) is 11.4. The molecule has 0 bridgehead atoms. The second-order valence-electron chi connectivity index (χ2n) is 7.52. The van der Waals surface area contributed by atoms with Gasteiger partial charge in [-0.3, -0.25) is 0 Å². The minimum Gasteiger partial charge on any atom is -0.473 e. The van der Waals surface area contributed by atoms with E-state index in [4.69, 9.17) is 25.5 Å². The molecule has 1 heterocycles. The van der Waals surface area contributed by atoms with Crippen LogP contribution in [-0.4, -0.2) is 77.0 Å². The van der Waals surface area contributed by atoms with Crippen molar-refractivity contribution in [3.05, 3.63) is 59.7 Å². The standard InChI is InChI=1S/C21H29N3O.C2H2O4.H2O/c1-23(16-19(25)15-22)13-6-14-24-20-9-4-2-7-17(20)11-12-18-8-3-5-10-21(18)24;3-1(4)2(5)6;/h2-5,7-10,19,25H,6,11-16,22H2,1H3;(H,3,4)(H,5,6);1H2. The normalized spacial score (nSPS) is 12.9. The predicted molar refractivity (Wildman–Crippen MR) is 123 cm³/mol. The summed E-state index contributed by atoms with van der Waals surface area (Å²) in [4.78, 5) is 22.8. The Morgan fingerprint density at radius 3 is 1.91 bits per heavy atom. The average molecular weight is 448 g/mol. The maximum Gasteiger partial charge on any atom is 0.414 e. The van der Waals surface area contributed by atoms with Crippen molar-refractivity contribution >= 4 is 23.3 Å². The van der Waals surface area contributed by atoms with E-state index in [1.54, 1.807) is 0 Å². The summed E-state index contributed by atoms with van der Waals surface area (Å²) in [5.74, 6) is -3.65. The van der Waals surface area contributed by atoms with Gasteiger partial charge in [0.15, 0.2) is 0 Å². The molecule has 7 N–H and O–H groups in total. The number of benzene rings is 2. The quantitative estimate of drug-likeness (QED) is 0.456. The Bertz CT molecular complexity index is 817. The fourth-order valence-corrected chi connectivity index (χ4v) is 3.64. The number of para-hydroxylation sites is 2. The summed E-state index contributed by atoms with van der Waals surface area (Å²) < 4.78 is 0. The van der Waals surface area contributed by atoms with Crippen LogP contribution in [0.5, 0.6) is 0 Å². The van der Waals surface area contributed by atoms with Crippen LogP contribution in [0.15, 0.2) is 48.5 Å². The summed E-state index contributed by atoms with van der Waals surface area (Å²) in [6, 6.07) is 17.5. The molecule has 0 saturated heterocycles. The first-order valence-corrected chi connectivity index (χ1v) is 10.3. The molecule has 0 aliphatic carbocycles. The number of aryl methyl sites for hydroxylation is 2. The van der Waals surface area contributed by atoms with Gasteiger partial charge in [-0.15, -0.1) is 0 Å². The Hall–Kier alpha value is -2.98. The number of carboxylic acids is 2. The van der Waals surface area contributed by atoms with Crippen LogP contribution in [0, 0.1) is 0 Å². The lowest BCUT2D eigenvalue weighted by atomic mass is 10.0. The first kappa shape index (κ1) is 27.1. The van der Waals surface area contributed by atoms with Crippen molar-refractivity contribution in [3.63, 3.8) is 0 Å². The molecule has 0 amide bonds. The second-order valence-corrected chi connectivity index (χ2v) is 7.52. The first-order chi connectivity index (χ1) is 14.8. The lowest BCUT2D eigenvalue weighted by molar-refractivity contribution is -0.159. The predicted octanol–water partition coefficient (Wildman–Crippen LogP) is 0.896. The van der Waals surface area contributed by atoms with E-state index in [2.05, 4.69) is 58.3 Å². The third-order valence-corrected chi connectivity index (χ3v) is 5.13. The third kappa shape index (κ3) is 7.93. The molecule has 0 fully saturated rings. The fourth-order valence-electron chi connectivity index (χ4n) is 3.64. The van der Waals surface area contributed by atoms with Gasteiger partial charge in [-0.05, 0) is 56.1 Å². The SMILES string of the molecule is CN(CCCN1c2ccccc2CCc2ccccc21)CC(O)CN.O.O=C(O)C(=O)O. The lowest BCUT2D eigenvalue weighted by Gasteiger charge is -2.28. The zero-order valence-corrected chi connectivity index (χ0v) is 18.3. The highest BCUT2D eigenvalue weighted by Gasteiger charge is 2.19. The minimum absolute atomic E-state index is 0. The largest absolute Gasteiger partial charge is 0.473 e. The van der Waals surface area contributed by atoms with Gasteiger partial charge in [0.05, 0.1) is 6.10 Å². The molecular formula is C23H33N3O6. The molecule has 9 heteroatoms. The molecule has 32 heavy (non-hydrogen) atoms. The molecule has 1 aliphatic rings. The van der Waals surface area contributed by atoms with Crippen LogP contribution in [-0.2, 0) is 22.4 Å². The fraction of sp³-hybridized carbons (Fsp3) is 0.391. The third-order valence-electron chi connectivity index (χ3n) is 5.13. The number of rotatable bonds is 7. The molecular weight excluding hydrogens is 414 g/mol. The number of hydrogen-bond donors (Lipinski definition) is 4. The first-order valence-electron chi connectivity index (χ1n) is 10.3. The monoisotopic (exact) mass is 447 g/mol. The molecule has 0 radical (unpaired) electrons. The molecule has 0 aromatic heterocycles. The van der Waals surface area contributed by atoms with Crippen molar-refractivity contribution in [1.29, 1.82) is 0 Å².